The second kappa shape index (κ2) is 8.27. The molecule has 0 spiro atoms. The van der Waals surface area contributed by atoms with E-state index in [4.69, 9.17) is 0 Å². The minimum atomic E-state index is -0.544. The number of piperazine rings is 1. The van der Waals surface area contributed by atoms with Gasteiger partial charge >= 0.3 is 0 Å². The van der Waals surface area contributed by atoms with Crippen molar-refractivity contribution in [1.82, 2.24) is 4.57 Å². The number of nitrogens with zero attached hydrogens (tertiary/aromatic N) is 3. The summed E-state index contributed by atoms with van der Waals surface area (Å²) in [6.07, 6.45) is 2.00. The average molecular weight is 420 g/mol. The van der Waals surface area contributed by atoms with Crippen LogP contribution in [0.3, 0.4) is 0 Å². The number of benzene rings is 1. The Kier molecular flexibility index (Phi) is 6.04. The Bertz CT molecular complexity index is 780. The molecule has 1 saturated heterocycles. The Morgan fingerprint density at radius 2 is 1.62 bits per heavy atom. The van der Waals surface area contributed by atoms with Crippen molar-refractivity contribution in [2.24, 2.45) is 0 Å². The van der Waals surface area contributed by atoms with Gasteiger partial charge in [0.05, 0.1) is 12.1 Å². The summed E-state index contributed by atoms with van der Waals surface area (Å²) in [5.41, 5.74) is 2.14. The summed E-state index contributed by atoms with van der Waals surface area (Å²) >= 11 is 3.47. The Morgan fingerprint density at radius 3 is 2.12 bits per heavy atom. The maximum absolute atomic E-state index is 12.5. The molecule has 2 heterocycles. The molecule has 140 valence electrons. The lowest BCUT2D eigenvalue weighted by Crippen LogP contribution is -2.47. The summed E-state index contributed by atoms with van der Waals surface area (Å²) in [4.78, 5) is 17.1. The first-order chi connectivity index (χ1) is 12.5. The standard InChI is InChI=1S/C20H26BrN3O2/c1-3-19(15(2)25)24-9-8-18(14-20(24)26)23-12-10-22(11-13-23)17-6-4-16(21)5-7-17/h4-9,14-15,19,25H,3,10-13H2,1-2H3. The Labute approximate surface area is 163 Å². The molecule has 0 amide bonds. The number of halogens is 1. The van der Waals surface area contributed by atoms with Crippen LogP contribution >= 0.6 is 15.9 Å². The van der Waals surface area contributed by atoms with Crippen LogP contribution < -0.4 is 15.4 Å². The largest absolute Gasteiger partial charge is 0.391 e. The van der Waals surface area contributed by atoms with E-state index < -0.39 is 6.10 Å². The third-order valence-corrected chi connectivity index (χ3v) is 5.63. The van der Waals surface area contributed by atoms with E-state index in [2.05, 4.69) is 50.0 Å². The van der Waals surface area contributed by atoms with E-state index in [0.717, 1.165) is 42.8 Å². The molecule has 26 heavy (non-hydrogen) atoms. The molecule has 5 nitrogen and oxygen atoms in total. The summed E-state index contributed by atoms with van der Waals surface area (Å²) < 4.78 is 2.73. The van der Waals surface area contributed by atoms with E-state index in [0.29, 0.717) is 0 Å². The first-order valence-electron chi connectivity index (χ1n) is 9.15. The van der Waals surface area contributed by atoms with Gasteiger partial charge in [-0.1, -0.05) is 22.9 Å². The maximum atomic E-state index is 12.5. The predicted octanol–water partition coefficient (Wildman–Crippen LogP) is 3.27. The molecule has 1 fully saturated rings. The molecule has 2 aromatic rings. The third-order valence-electron chi connectivity index (χ3n) is 5.10. The lowest BCUT2D eigenvalue weighted by Gasteiger charge is -2.37. The van der Waals surface area contributed by atoms with Crippen molar-refractivity contribution in [3.05, 3.63) is 57.4 Å². The van der Waals surface area contributed by atoms with Crippen LogP contribution in [0.1, 0.15) is 26.3 Å². The zero-order valence-electron chi connectivity index (χ0n) is 15.3. The minimum absolute atomic E-state index is 0.0504. The maximum Gasteiger partial charge on any atom is 0.252 e. The SMILES string of the molecule is CCC(C(C)O)n1ccc(N2CCN(c3ccc(Br)cc3)CC2)cc1=O. The van der Waals surface area contributed by atoms with Crippen LogP contribution in [0.4, 0.5) is 11.4 Å². The summed E-state index contributed by atoms with van der Waals surface area (Å²) in [5.74, 6) is 0. The molecule has 0 saturated carbocycles. The number of hydrogen-bond acceptors (Lipinski definition) is 4. The van der Waals surface area contributed by atoms with Gasteiger partial charge in [0, 0.05) is 54.3 Å². The van der Waals surface area contributed by atoms with Crippen molar-refractivity contribution in [1.29, 1.82) is 0 Å². The lowest BCUT2D eigenvalue weighted by molar-refractivity contribution is 0.125. The van der Waals surface area contributed by atoms with Gasteiger partial charge in [0.15, 0.2) is 0 Å². The molecule has 3 rings (SSSR count). The molecule has 0 bridgehead atoms. The number of anilines is 2. The van der Waals surface area contributed by atoms with Gasteiger partial charge in [-0.15, -0.1) is 0 Å². The highest BCUT2D eigenvalue weighted by Gasteiger charge is 2.20. The molecule has 1 N–H and O–H groups in total. The Hall–Kier alpha value is -1.79. The van der Waals surface area contributed by atoms with Crippen LogP contribution in [-0.4, -0.2) is 42.0 Å². The second-order valence-electron chi connectivity index (χ2n) is 6.80. The van der Waals surface area contributed by atoms with Gasteiger partial charge in [-0.05, 0) is 43.7 Å². The fraction of sp³-hybridized carbons (Fsp3) is 0.450. The fourth-order valence-electron chi connectivity index (χ4n) is 3.59. The van der Waals surface area contributed by atoms with Crippen LogP contribution in [0.25, 0.3) is 0 Å². The summed E-state index contributed by atoms with van der Waals surface area (Å²) in [7, 11) is 0. The highest BCUT2D eigenvalue weighted by atomic mass is 79.9. The number of hydrogen-bond donors (Lipinski definition) is 1. The van der Waals surface area contributed by atoms with Crippen molar-refractivity contribution < 1.29 is 5.11 Å². The summed E-state index contributed by atoms with van der Waals surface area (Å²) in [5, 5.41) is 9.88. The van der Waals surface area contributed by atoms with Crippen molar-refractivity contribution in [3.8, 4) is 0 Å². The third kappa shape index (κ3) is 4.13. The summed E-state index contributed by atoms with van der Waals surface area (Å²) in [6, 6.07) is 11.9. The van der Waals surface area contributed by atoms with E-state index in [-0.39, 0.29) is 11.6 Å². The first kappa shape index (κ1) is 19.0. The van der Waals surface area contributed by atoms with Crippen molar-refractivity contribution in [2.45, 2.75) is 32.4 Å². The van der Waals surface area contributed by atoms with Gasteiger partial charge < -0.3 is 19.5 Å². The molecule has 0 aliphatic carbocycles. The Morgan fingerprint density at radius 1 is 1.04 bits per heavy atom. The van der Waals surface area contributed by atoms with Crippen molar-refractivity contribution in [2.75, 3.05) is 36.0 Å². The number of aromatic nitrogens is 1. The Balaban J connectivity index is 1.69. The lowest BCUT2D eigenvalue weighted by atomic mass is 10.1. The highest BCUT2D eigenvalue weighted by molar-refractivity contribution is 9.10. The van der Waals surface area contributed by atoms with Crippen LogP contribution in [0.2, 0.25) is 0 Å². The van der Waals surface area contributed by atoms with E-state index in [9.17, 15) is 9.90 Å². The second-order valence-corrected chi connectivity index (χ2v) is 7.71. The topological polar surface area (TPSA) is 48.7 Å². The van der Waals surface area contributed by atoms with Crippen molar-refractivity contribution >= 4 is 27.3 Å². The molecule has 1 aliphatic rings. The van der Waals surface area contributed by atoms with E-state index in [1.54, 1.807) is 17.6 Å². The predicted molar refractivity (Wildman–Crippen MR) is 110 cm³/mol. The quantitative estimate of drug-likeness (QED) is 0.807. The molecule has 0 radical (unpaired) electrons. The number of rotatable bonds is 5. The first-order valence-corrected chi connectivity index (χ1v) is 9.94. The summed E-state index contributed by atoms with van der Waals surface area (Å²) in [6.45, 7) is 7.33. The van der Waals surface area contributed by atoms with Crippen LogP contribution in [0.5, 0.6) is 0 Å². The van der Waals surface area contributed by atoms with E-state index in [1.807, 2.05) is 19.2 Å². The molecule has 1 aromatic heterocycles. The van der Waals surface area contributed by atoms with E-state index in [1.165, 1.54) is 5.69 Å². The monoisotopic (exact) mass is 419 g/mol. The van der Waals surface area contributed by atoms with E-state index >= 15 is 0 Å². The molecule has 1 aliphatic heterocycles. The number of aliphatic hydroxyl groups excluding tert-OH is 1. The molecule has 6 heteroatoms. The minimum Gasteiger partial charge on any atom is -0.391 e. The van der Waals surface area contributed by atoms with Crippen LogP contribution in [0, 0.1) is 0 Å². The number of pyridine rings is 1. The zero-order valence-corrected chi connectivity index (χ0v) is 16.9. The van der Waals surface area contributed by atoms with Crippen LogP contribution in [-0.2, 0) is 0 Å². The van der Waals surface area contributed by atoms with Gasteiger partial charge in [0.25, 0.3) is 5.56 Å². The fourth-order valence-corrected chi connectivity index (χ4v) is 3.86. The zero-order chi connectivity index (χ0) is 18.7. The highest BCUT2D eigenvalue weighted by Crippen LogP contribution is 2.22. The van der Waals surface area contributed by atoms with Crippen molar-refractivity contribution in [3.63, 3.8) is 0 Å². The molecule has 1 aromatic carbocycles. The van der Waals surface area contributed by atoms with Gasteiger partial charge in [-0.3, -0.25) is 4.79 Å². The molecule has 2 unspecified atom stereocenters. The average Bonchev–Trinajstić information content (AvgIpc) is 2.64. The van der Waals surface area contributed by atoms with Crippen LogP contribution in [0.15, 0.2) is 51.9 Å². The molecular weight excluding hydrogens is 394 g/mol. The van der Waals surface area contributed by atoms with Gasteiger partial charge in [-0.25, -0.2) is 0 Å². The van der Waals surface area contributed by atoms with Gasteiger partial charge in [0.2, 0.25) is 0 Å². The van der Waals surface area contributed by atoms with Gasteiger partial charge in [0.1, 0.15) is 0 Å². The number of aliphatic hydroxyl groups is 1. The normalized spacial score (nSPS) is 17.2. The van der Waals surface area contributed by atoms with Gasteiger partial charge in [-0.2, -0.15) is 0 Å². The smallest absolute Gasteiger partial charge is 0.252 e. The molecule has 2 atom stereocenters. The molecular formula is C20H26BrN3O2.